The first-order valence-electron chi connectivity index (χ1n) is 5.17. The minimum Gasteiger partial charge on any atom is -0.387 e. The number of aliphatic hydroxyl groups excluding tert-OH is 1. The number of aliphatic hydroxyl groups is 1. The molecule has 1 unspecified atom stereocenters. The molecule has 4 nitrogen and oxygen atoms in total. The molecule has 17 heavy (non-hydrogen) atoms. The lowest BCUT2D eigenvalue weighted by molar-refractivity contribution is 0.169. The van der Waals surface area contributed by atoms with Crippen LogP contribution in [0.15, 0.2) is 28.9 Å². The minimum absolute atomic E-state index is 0.564. The Bertz CT molecular complexity index is 529. The maximum atomic E-state index is 9.65. The van der Waals surface area contributed by atoms with Crippen molar-refractivity contribution < 1.29 is 5.11 Å². The van der Waals surface area contributed by atoms with Crippen molar-refractivity contribution in [3.8, 4) is 5.69 Å². The third kappa shape index (κ3) is 2.68. The Morgan fingerprint density at radius 2 is 2.29 bits per heavy atom. The maximum Gasteiger partial charge on any atom is 0.112 e. The lowest BCUT2D eigenvalue weighted by Crippen LogP contribution is -1.96. The van der Waals surface area contributed by atoms with Gasteiger partial charge in [-0.25, -0.2) is 4.68 Å². The molecule has 0 aliphatic rings. The summed E-state index contributed by atoms with van der Waals surface area (Å²) in [5, 5.41) is 18.2. The highest BCUT2D eigenvalue weighted by Crippen LogP contribution is 2.25. The molecular weight excluding hydrogens is 305 g/mol. The molecule has 0 aliphatic carbocycles. The van der Waals surface area contributed by atoms with Gasteiger partial charge < -0.3 is 5.11 Å². The molecule has 1 aromatic heterocycles. The molecule has 6 heteroatoms. The number of nitrogens with zero attached hydrogens (tertiary/aromatic N) is 3. The van der Waals surface area contributed by atoms with Crippen molar-refractivity contribution in [2.75, 3.05) is 0 Å². The van der Waals surface area contributed by atoms with Gasteiger partial charge in [-0.3, -0.25) is 0 Å². The van der Waals surface area contributed by atoms with E-state index < -0.39 is 6.10 Å². The number of halogens is 2. The number of benzene rings is 1. The van der Waals surface area contributed by atoms with Crippen molar-refractivity contribution >= 4 is 27.5 Å². The first kappa shape index (κ1) is 12.5. The van der Waals surface area contributed by atoms with E-state index in [9.17, 15) is 5.11 Å². The topological polar surface area (TPSA) is 50.9 Å². The van der Waals surface area contributed by atoms with Crippen LogP contribution in [0.2, 0.25) is 5.02 Å². The molecule has 90 valence electrons. The van der Waals surface area contributed by atoms with E-state index in [0.717, 1.165) is 10.2 Å². The average molecular weight is 317 g/mol. The van der Waals surface area contributed by atoms with Crippen LogP contribution >= 0.6 is 27.5 Å². The molecule has 1 atom stereocenters. The molecule has 2 aromatic rings. The summed E-state index contributed by atoms with van der Waals surface area (Å²) in [4.78, 5) is 0. The highest BCUT2D eigenvalue weighted by Gasteiger charge is 2.11. The van der Waals surface area contributed by atoms with E-state index >= 15 is 0 Å². The average Bonchev–Trinajstić information content (AvgIpc) is 2.77. The van der Waals surface area contributed by atoms with Gasteiger partial charge in [0.1, 0.15) is 5.69 Å². The molecule has 0 radical (unpaired) electrons. The first-order chi connectivity index (χ1) is 8.11. The maximum absolute atomic E-state index is 9.65. The van der Waals surface area contributed by atoms with Gasteiger partial charge in [0, 0.05) is 9.50 Å². The number of hydrogen-bond acceptors (Lipinski definition) is 3. The van der Waals surface area contributed by atoms with Crippen molar-refractivity contribution in [2.45, 2.75) is 19.4 Å². The van der Waals surface area contributed by atoms with Gasteiger partial charge in [-0.05, 0) is 40.5 Å². The Hall–Kier alpha value is -0.910. The van der Waals surface area contributed by atoms with Crippen LogP contribution in [0.4, 0.5) is 0 Å². The Kier molecular flexibility index (Phi) is 3.81. The molecule has 0 saturated carbocycles. The zero-order valence-electron chi connectivity index (χ0n) is 9.14. The van der Waals surface area contributed by atoms with Crippen LogP contribution in [0, 0.1) is 0 Å². The quantitative estimate of drug-likeness (QED) is 0.946. The van der Waals surface area contributed by atoms with Crippen LogP contribution in [-0.2, 0) is 0 Å². The third-order valence-corrected chi connectivity index (χ3v) is 3.27. The Balaban J connectivity index is 2.37. The van der Waals surface area contributed by atoms with E-state index in [1.807, 2.05) is 13.0 Å². The van der Waals surface area contributed by atoms with E-state index in [4.69, 9.17) is 11.6 Å². The summed E-state index contributed by atoms with van der Waals surface area (Å²) in [6.45, 7) is 1.89. The number of rotatable bonds is 3. The van der Waals surface area contributed by atoms with E-state index in [0.29, 0.717) is 17.1 Å². The third-order valence-electron chi connectivity index (χ3n) is 2.40. The van der Waals surface area contributed by atoms with Gasteiger partial charge in [0.15, 0.2) is 0 Å². The summed E-state index contributed by atoms with van der Waals surface area (Å²) in [6.07, 6.45) is 1.75. The van der Waals surface area contributed by atoms with Gasteiger partial charge in [-0.2, -0.15) is 0 Å². The summed E-state index contributed by atoms with van der Waals surface area (Å²) >= 11 is 9.28. The zero-order chi connectivity index (χ0) is 12.4. The molecule has 1 aromatic carbocycles. The second-order valence-electron chi connectivity index (χ2n) is 3.61. The highest BCUT2D eigenvalue weighted by atomic mass is 79.9. The fraction of sp³-hybridized carbons (Fsp3) is 0.273. The van der Waals surface area contributed by atoms with Gasteiger partial charge >= 0.3 is 0 Å². The Morgan fingerprint density at radius 3 is 2.94 bits per heavy atom. The van der Waals surface area contributed by atoms with Crippen LogP contribution in [0.1, 0.15) is 25.1 Å². The summed E-state index contributed by atoms with van der Waals surface area (Å²) in [5.74, 6) is 0. The molecule has 0 bridgehead atoms. The standard InChI is InChI=1S/C11H11BrClN3O/c1-2-11(17)9-6-16(15-14-9)10-4-3-7(13)5-8(10)12/h3-6,11,17H,2H2,1H3. The highest BCUT2D eigenvalue weighted by molar-refractivity contribution is 9.10. The smallest absolute Gasteiger partial charge is 0.112 e. The Morgan fingerprint density at radius 1 is 1.53 bits per heavy atom. The van der Waals surface area contributed by atoms with E-state index in [1.165, 1.54) is 0 Å². The van der Waals surface area contributed by atoms with Crippen molar-refractivity contribution in [3.63, 3.8) is 0 Å². The molecule has 1 N–H and O–H groups in total. The first-order valence-corrected chi connectivity index (χ1v) is 6.34. The molecule has 0 fully saturated rings. The number of hydrogen-bond donors (Lipinski definition) is 1. The van der Waals surface area contributed by atoms with Crippen LogP contribution < -0.4 is 0 Å². The van der Waals surface area contributed by atoms with Crippen LogP contribution in [0.5, 0.6) is 0 Å². The minimum atomic E-state index is -0.574. The molecule has 0 spiro atoms. The van der Waals surface area contributed by atoms with Gasteiger partial charge in [0.25, 0.3) is 0 Å². The van der Waals surface area contributed by atoms with E-state index in [1.54, 1.807) is 23.0 Å². The largest absolute Gasteiger partial charge is 0.387 e. The normalized spacial score (nSPS) is 12.7. The predicted molar refractivity (Wildman–Crippen MR) is 69.3 cm³/mol. The van der Waals surface area contributed by atoms with E-state index in [2.05, 4.69) is 26.2 Å². The summed E-state index contributed by atoms with van der Waals surface area (Å²) in [5.41, 5.74) is 1.39. The van der Waals surface area contributed by atoms with Crippen LogP contribution in [-0.4, -0.2) is 20.1 Å². The van der Waals surface area contributed by atoms with Crippen LogP contribution in [0.3, 0.4) is 0 Å². The summed E-state index contributed by atoms with van der Waals surface area (Å²) < 4.78 is 2.43. The van der Waals surface area contributed by atoms with Gasteiger partial charge in [0.05, 0.1) is 18.0 Å². The summed E-state index contributed by atoms with van der Waals surface area (Å²) in [6, 6.07) is 5.40. The second kappa shape index (κ2) is 5.16. The fourth-order valence-electron chi connectivity index (χ4n) is 1.42. The second-order valence-corrected chi connectivity index (χ2v) is 4.90. The van der Waals surface area contributed by atoms with Crippen molar-refractivity contribution in [2.24, 2.45) is 0 Å². The molecule has 2 rings (SSSR count). The number of aromatic nitrogens is 3. The molecule has 0 saturated heterocycles. The monoisotopic (exact) mass is 315 g/mol. The van der Waals surface area contributed by atoms with Crippen molar-refractivity contribution in [3.05, 3.63) is 39.6 Å². The Labute approximate surface area is 112 Å². The van der Waals surface area contributed by atoms with Crippen LogP contribution in [0.25, 0.3) is 5.69 Å². The van der Waals surface area contributed by atoms with Crippen molar-refractivity contribution in [1.82, 2.24) is 15.0 Å². The lowest BCUT2D eigenvalue weighted by Gasteiger charge is -2.04. The zero-order valence-corrected chi connectivity index (χ0v) is 11.5. The predicted octanol–water partition coefficient (Wildman–Crippen LogP) is 3.13. The SMILES string of the molecule is CCC(O)c1cn(-c2ccc(Cl)cc2Br)nn1. The van der Waals surface area contributed by atoms with Gasteiger partial charge in [-0.1, -0.05) is 23.7 Å². The molecule has 1 heterocycles. The van der Waals surface area contributed by atoms with Gasteiger partial charge in [0.2, 0.25) is 0 Å². The van der Waals surface area contributed by atoms with E-state index in [-0.39, 0.29) is 0 Å². The fourth-order valence-corrected chi connectivity index (χ4v) is 2.29. The van der Waals surface area contributed by atoms with Crippen molar-refractivity contribution in [1.29, 1.82) is 0 Å². The van der Waals surface area contributed by atoms with Gasteiger partial charge in [-0.15, -0.1) is 5.10 Å². The molecule has 0 aliphatic heterocycles. The molecule has 0 amide bonds. The molecular formula is C11H11BrClN3O. The summed E-state index contributed by atoms with van der Waals surface area (Å²) in [7, 11) is 0. The lowest BCUT2D eigenvalue weighted by atomic mass is 10.2.